The normalized spacial score (nSPS) is 10.5. The Labute approximate surface area is 237 Å². The molecule has 0 aliphatic heterocycles. The summed E-state index contributed by atoms with van der Waals surface area (Å²) in [6.07, 6.45) is 30.4. The Morgan fingerprint density at radius 3 is 0.703 bits per heavy atom. The van der Waals surface area contributed by atoms with Gasteiger partial charge in [-0.15, -0.1) is 0 Å². The Balaban J connectivity index is -0.000000484. The standard InChI is InChI=1S/C14H31N.C12H27N.C8H19N/c1-3-5-7-9-11-13-15-14-12-10-8-6-4-2;1-3-5-7-9-11-13-12-10-8-6-4-2;1-3-5-6-7-8-9-4-2/h15H,3-14H2,1-2H3;13H,3-12H2,1-2H3;9H,3-8H2,1-2H3. The molecule has 0 spiro atoms. The van der Waals surface area contributed by atoms with E-state index in [9.17, 15) is 0 Å². The fourth-order valence-corrected chi connectivity index (χ4v) is 4.16. The minimum Gasteiger partial charge on any atom is -0.317 e. The van der Waals surface area contributed by atoms with Crippen molar-refractivity contribution in [3.05, 3.63) is 0 Å². The van der Waals surface area contributed by atoms with E-state index in [0.29, 0.717) is 0 Å². The summed E-state index contributed by atoms with van der Waals surface area (Å²) >= 11 is 0. The summed E-state index contributed by atoms with van der Waals surface area (Å²) in [7, 11) is 0. The van der Waals surface area contributed by atoms with Crippen molar-refractivity contribution in [1.82, 2.24) is 16.0 Å². The van der Waals surface area contributed by atoms with E-state index in [1.54, 1.807) is 0 Å². The van der Waals surface area contributed by atoms with Gasteiger partial charge in [0.2, 0.25) is 0 Å². The van der Waals surface area contributed by atoms with Gasteiger partial charge >= 0.3 is 0 Å². The second-order valence-corrected chi connectivity index (χ2v) is 10.9. The Morgan fingerprint density at radius 2 is 0.459 bits per heavy atom. The molecule has 3 N–H and O–H groups in total. The zero-order valence-corrected chi connectivity index (χ0v) is 27.3. The van der Waals surface area contributed by atoms with Gasteiger partial charge in [0, 0.05) is 0 Å². The van der Waals surface area contributed by atoms with Crippen molar-refractivity contribution >= 4 is 0 Å². The zero-order chi connectivity index (χ0) is 27.9. The minimum absolute atomic E-state index is 1.12. The van der Waals surface area contributed by atoms with Crippen molar-refractivity contribution < 1.29 is 0 Å². The molecule has 228 valence electrons. The van der Waals surface area contributed by atoms with E-state index in [0.717, 1.165) is 6.54 Å². The van der Waals surface area contributed by atoms with Crippen molar-refractivity contribution in [2.75, 3.05) is 39.3 Å². The molecule has 0 aliphatic carbocycles. The maximum atomic E-state index is 3.54. The Hall–Kier alpha value is -0.120. The predicted octanol–water partition coefficient (Wildman–Crippen LogP) is 10.4. The van der Waals surface area contributed by atoms with Crippen LogP contribution in [0.3, 0.4) is 0 Å². The molecule has 0 radical (unpaired) electrons. The Kier molecular flexibility index (Phi) is 51.2. The Morgan fingerprint density at radius 1 is 0.243 bits per heavy atom. The van der Waals surface area contributed by atoms with Crippen molar-refractivity contribution in [3.63, 3.8) is 0 Å². The van der Waals surface area contributed by atoms with E-state index in [1.807, 2.05) is 0 Å². The van der Waals surface area contributed by atoms with Crippen LogP contribution in [0.2, 0.25) is 0 Å². The molecule has 37 heavy (non-hydrogen) atoms. The third kappa shape index (κ3) is 53.0. The molecule has 0 aromatic rings. The van der Waals surface area contributed by atoms with Crippen LogP contribution in [0.5, 0.6) is 0 Å². The quantitative estimate of drug-likeness (QED) is 0.0885. The van der Waals surface area contributed by atoms with Gasteiger partial charge in [0.1, 0.15) is 0 Å². The largest absolute Gasteiger partial charge is 0.317 e. The SMILES string of the molecule is CCCCCCCNCCCCCCC.CCCCCCNCC.CCCCCCNCCCCCC. The van der Waals surface area contributed by atoms with Gasteiger partial charge in [-0.3, -0.25) is 0 Å². The van der Waals surface area contributed by atoms with Crippen molar-refractivity contribution in [3.8, 4) is 0 Å². The highest BCUT2D eigenvalue weighted by atomic mass is 14.8. The first-order valence-corrected chi connectivity index (χ1v) is 17.4. The van der Waals surface area contributed by atoms with Crippen LogP contribution in [0.4, 0.5) is 0 Å². The van der Waals surface area contributed by atoms with E-state index in [4.69, 9.17) is 0 Å². The van der Waals surface area contributed by atoms with Crippen LogP contribution in [0.25, 0.3) is 0 Å². The smallest absolute Gasteiger partial charge is 0.00489 e. The lowest BCUT2D eigenvalue weighted by molar-refractivity contribution is 0.552. The molecule has 0 heterocycles. The molecule has 0 fully saturated rings. The van der Waals surface area contributed by atoms with Crippen LogP contribution in [0.15, 0.2) is 0 Å². The van der Waals surface area contributed by atoms with Crippen LogP contribution in [-0.2, 0) is 0 Å². The summed E-state index contributed by atoms with van der Waals surface area (Å²) in [6, 6.07) is 0. The maximum absolute atomic E-state index is 3.54. The van der Waals surface area contributed by atoms with Gasteiger partial charge in [-0.1, -0.05) is 151 Å². The summed E-state index contributed by atoms with van der Waals surface area (Å²) in [5, 5.41) is 10.3. The van der Waals surface area contributed by atoms with Crippen LogP contribution in [0.1, 0.15) is 183 Å². The fourth-order valence-electron chi connectivity index (χ4n) is 4.16. The fraction of sp³-hybridized carbons (Fsp3) is 1.00. The molecule has 0 saturated heterocycles. The first-order chi connectivity index (χ1) is 18.2. The molecule has 3 heteroatoms. The first-order valence-electron chi connectivity index (χ1n) is 17.4. The van der Waals surface area contributed by atoms with Gasteiger partial charge in [-0.25, -0.2) is 0 Å². The molecule has 0 atom stereocenters. The van der Waals surface area contributed by atoms with E-state index in [-0.39, 0.29) is 0 Å². The van der Waals surface area contributed by atoms with Gasteiger partial charge in [-0.05, 0) is 71.4 Å². The summed E-state index contributed by atoms with van der Waals surface area (Å²) in [5.41, 5.74) is 0. The summed E-state index contributed by atoms with van der Waals surface area (Å²) in [6.45, 7) is 20.7. The van der Waals surface area contributed by atoms with Crippen molar-refractivity contribution in [2.45, 2.75) is 183 Å². The van der Waals surface area contributed by atoms with Gasteiger partial charge in [0.05, 0.1) is 0 Å². The topological polar surface area (TPSA) is 36.1 Å². The van der Waals surface area contributed by atoms with Crippen LogP contribution in [-0.4, -0.2) is 39.3 Å². The molecule has 0 amide bonds. The number of rotatable bonds is 28. The predicted molar refractivity (Wildman–Crippen MR) is 174 cm³/mol. The molecular formula is C34H77N3. The summed E-state index contributed by atoms with van der Waals surface area (Å²) in [5.74, 6) is 0. The van der Waals surface area contributed by atoms with E-state index in [2.05, 4.69) is 57.5 Å². The van der Waals surface area contributed by atoms with Crippen LogP contribution in [0, 0.1) is 0 Å². The first kappa shape index (κ1) is 41.4. The van der Waals surface area contributed by atoms with Crippen molar-refractivity contribution in [1.29, 1.82) is 0 Å². The van der Waals surface area contributed by atoms with Gasteiger partial charge in [0.15, 0.2) is 0 Å². The number of nitrogens with one attached hydrogen (secondary N) is 3. The molecule has 0 aromatic carbocycles. The molecule has 0 saturated carbocycles. The number of hydrogen-bond donors (Lipinski definition) is 3. The third-order valence-electron chi connectivity index (χ3n) is 6.79. The monoisotopic (exact) mass is 528 g/mol. The van der Waals surface area contributed by atoms with Gasteiger partial charge in [-0.2, -0.15) is 0 Å². The minimum atomic E-state index is 1.12. The van der Waals surface area contributed by atoms with E-state index >= 15 is 0 Å². The number of unbranched alkanes of at least 4 members (excludes halogenated alkanes) is 17. The zero-order valence-electron chi connectivity index (χ0n) is 27.3. The molecule has 0 aromatic heterocycles. The van der Waals surface area contributed by atoms with E-state index in [1.165, 1.54) is 174 Å². The average Bonchev–Trinajstić information content (AvgIpc) is 2.91. The molecular weight excluding hydrogens is 450 g/mol. The molecule has 0 bridgehead atoms. The molecule has 0 unspecified atom stereocenters. The highest BCUT2D eigenvalue weighted by Crippen LogP contribution is 2.03. The number of hydrogen-bond acceptors (Lipinski definition) is 3. The lowest BCUT2D eigenvalue weighted by atomic mass is 10.1. The average molecular weight is 528 g/mol. The maximum Gasteiger partial charge on any atom is -0.00489 e. The summed E-state index contributed by atoms with van der Waals surface area (Å²) in [4.78, 5) is 0. The second kappa shape index (κ2) is 45.8. The highest BCUT2D eigenvalue weighted by Gasteiger charge is 1.91. The highest BCUT2D eigenvalue weighted by molar-refractivity contribution is 4.51. The van der Waals surface area contributed by atoms with Crippen molar-refractivity contribution in [2.24, 2.45) is 0 Å². The van der Waals surface area contributed by atoms with Crippen LogP contribution >= 0.6 is 0 Å². The summed E-state index contributed by atoms with van der Waals surface area (Å²) < 4.78 is 0. The van der Waals surface area contributed by atoms with Crippen LogP contribution < -0.4 is 16.0 Å². The second-order valence-electron chi connectivity index (χ2n) is 10.9. The third-order valence-corrected chi connectivity index (χ3v) is 6.79. The molecule has 0 rings (SSSR count). The van der Waals surface area contributed by atoms with Gasteiger partial charge in [0.25, 0.3) is 0 Å². The van der Waals surface area contributed by atoms with Gasteiger partial charge < -0.3 is 16.0 Å². The Bertz CT molecular complexity index is 294. The van der Waals surface area contributed by atoms with E-state index < -0.39 is 0 Å². The molecule has 3 nitrogen and oxygen atoms in total. The lowest BCUT2D eigenvalue weighted by Crippen LogP contribution is -2.16. The lowest BCUT2D eigenvalue weighted by Gasteiger charge is -2.04. The molecule has 0 aliphatic rings.